The number of aromatic nitrogens is 1. The van der Waals surface area contributed by atoms with Crippen LogP contribution in [-0.2, 0) is 0 Å². The van der Waals surface area contributed by atoms with Crippen LogP contribution >= 0.6 is 11.8 Å². The second-order valence-corrected chi connectivity index (χ2v) is 4.20. The maximum absolute atomic E-state index is 8.44. The average Bonchev–Trinajstić information content (AvgIpc) is 2.44. The summed E-state index contributed by atoms with van der Waals surface area (Å²) in [7, 11) is 0. The molecule has 1 aromatic rings. The summed E-state index contributed by atoms with van der Waals surface area (Å²) >= 11 is 1.32. The van der Waals surface area contributed by atoms with Crippen molar-refractivity contribution in [3.8, 4) is 0 Å². The fraction of sp³-hybridized carbons (Fsp3) is 0.500. The van der Waals surface area contributed by atoms with Crippen molar-refractivity contribution < 1.29 is 9.62 Å². The van der Waals surface area contributed by atoms with Gasteiger partial charge >= 0.3 is 0 Å². The largest absolute Gasteiger partial charge is 0.437 e. The summed E-state index contributed by atoms with van der Waals surface area (Å²) in [5, 5.41) is 11.7. The number of nitrogens with two attached hydrogens (primary N) is 1. The number of oxazole rings is 1. The highest BCUT2D eigenvalue weighted by atomic mass is 32.2. The van der Waals surface area contributed by atoms with Crippen LogP contribution in [0.25, 0.3) is 0 Å². The molecule has 0 spiro atoms. The molecule has 0 aromatic carbocycles. The van der Waals surface area contributed by atoms with Crippen molar-refractivity contribution in [2.24, 2.45) is 10.9 Å². The fourth-order valence-corrected chi connectivity index (χ4v) is 1.62. The Balaban J connectivity index is 2.69. The van der Waals surface area contributed by atoms with E-state index in [1.165, 1.54) is 11.8 Å². The van der Waals surface area contributed by atoms with Gasteiger partial charge in [-0.3, -0.25) is 0 Å². The lowest BCUT2D eigenvalue weighted by Crippen LogP contribution is -2.23. The number of rotatable bonds is 3. The molecule has 1 heterocycles. The first-order valence-corrected chi connectivity index (χ1v) is 5.00. The molecule has 0 saturated heterocycles. The Bertz CT molecular complexity index is 329. The third kappa shape index (κ3) is 2.41. The number of amidine groups is 1. The van der Waals surface area contributed by atoms with E-state index in [0.29, 0.717) is 5.22 Å². The Morgan fingerprint density at radius 1 is 1.64 bits per heavy atom. The quantitative estimate of drug-likeness (QED) is 0.262. The van der Waals surface area contributed by atoms with E-state index in [1.807, 2.05) is 20.8 Å². The molecule has 0 aliphatic rings. The van der Waals surface area contributed by atoms with Crippen LogP contribution in [0.5, 0.6) is 0 Å². The van der Waals surface area contributed by atoms with Gasteiger partial charge in [0.05, 0.1) is 10.9 Å². The van der Waals surface area contributed by atoms with E-state index in [4.69, 9.17) is 15.4 Å². The van der Waals surface area contributed by atoms with Gasteiger partial charge in [-0.25, -0.2) is 4.98 Å². The van der Waals surface area contributed by atoms with Gasteiger partial charge in [-0.1, -0.05) is 16.9 Å². The molecule has 78 valence electrons. The van der Waals surface area contributed by atoms with E-state index < -0.39 is 0 Å². The number of hydrogen-bond acceptors (Lipinski definition) is 5. The van der Waals surface area contributed by atoms with Crippen molar-refractivity contribution >= 4 is 17.6 Å². The lowest BCUT2D eigenvalue weighted by atomic mass is 10.4. The first kappa shape index (κ1) is 10.9. The van der Waals surface area contributed by atoms with Crippen LogP contribution in [-0.4, -0.2) is 21.3 Å². The number of aryl methyl sites for hydroxylation is 2. The summed E-state index contributed by atoms with van der Waals surface area (Å²) < 4.78 is 5.34. The summed E-state index contributed by atoms with van der Waals surface area (Å²) in [5.74, 6) is 0.947. The van der Waals surface area contributed by atoms with Crippen LogP contribution in [0, 0.1) is 13.8 Å². The van der Waals surface area contributed by atoms with Gasteiger partial charge in [0.2, 0.25) is 0 Å². The van der Waals surface area contributed by atoms with Crippen molar-refractivity contribution in [2.45, 2.75) is 31.2 Å². The molecular formula is C8H13N3O2S. The molecule has 1 aromatic heterocycles. The predicted octanol–water partition coefficient (Wildman–Crippen LogP) is 1.52. The zero-order valence-corrected chi connectivity index (χ0v) is 9.13. The van der Waals surface area contributed by atoms with Crippen molar-refractivity contribution in [2.75, 3.05) is 0 Å². The number of nitrogens with zero attached hydrogens (tertiary/aromatic N) is 2. The average molecular weight is 215 g/mol. The maximum Gasteiger partial charge on any atom is 0.256 e. The van der Waals surface area contributed by atoms with Crippen molar-refractivity contribution in [1.29, 1.82) is 0 Å². The van der Waals surface area contributed by atoms with E-state index in [0.717, 1.165) is 11.5 Å². The van der Waals surface area contributed by atoms with Gasteiger partial charge < -0.3 is 15.4 Å². The molecule has 0 radical (unpaired) electrons. The summed E-state index contributed by atoms with van der Waals surface area (Å²) in [6, 6.07) is 0. The Labute approximate surface area is 86.4 Å². The van der Waals surface area contributed by atoms with Gasteiger partial charge in [0.1, 0.15) is 5.76 Å². The number of thioether (sulfide) groups is 1. The van der Waals surface area contributed by atoms with E-state index >= 15 is 0 Å². The lowest BCUT2D eigenvalue weighted by molar-refractivity contribution is 0.317. The first-order chi connectivity index (χ1) is 6.54. The molecule has 3 N–H and O–H groups in total. The number of hydrogen-bond donors (Lipinski definition) is 2. The van der Waals surface area contributed by atoms with Crippen LogP contribution < -0.4 is 5.73 Å². The Morgan fingerprint density at radius 2 is 2.29 bits per heavy atom. The predicted molar refractivity (Wildman–Crippen MR) is 54.7 cm³/mol. The van der Waals surface area contributed by atoms with Gasteiger partial charge in [0, 0.05) is 0 Å². The summed E-state index contributed by atoms with van der Waals surface area (Å²) in [6.07, 6.45) is 0. The van der Waals surface area contributed by atoms with E-state index in [9.17, 15) is 0 Å². The Morgan fingerprint density at radius 3 is 2.71 bits per heavy atom. The SMILES string of the molecule is Cc1nc(SC(C)C(N)=NO)oc1C. The number of oxime groups is 1. The van der Waals surface area contributed by atoms with E-state index in [1.54, 1.807) is 0 Å². The van der Waals surface area contributed by atoms with Crippen molar-refractivity contribution in [1.82, 2.24) is 4.98 Å². The second kappa shape index (κ2) is 4.36. The van der Waals surface area contributed by atoms with Gasteiger partial charge in [-0.05, 0) is 20.8 Å². The molecular weight excluding hydrogens is 202 g/mol. The monoisotopic (exact) mass is 215 g/mol. The van der Waals surface area contributed by atoms with Gasteiger partial charge in [0.15, 0.2) is 5.84 Å². The van der Waals surface area contributed by atoms with E-state index in [2.05, 4.69) is 10.1 Å². The molecule has 0 fully saturated rings. The molecule has 0 amide bonds. The topological polar surface area (TPSA) is 84.6 Å². The third-order valence-electron chi connectivity index (χ3n) is 1.82. The smallest absolute Gasteiger partial charge is 0.256 e. The minimum absolute atomic E-state index is 0.155. The molecule has 0 saturated carbocycles. The molecule has 6 heteroatoms. The molecule has 0 bridgehead atoms. The standard InChI is InChI=1S/C8H13N3O2S/c1-4-5(2)13-8(10-4)14-6(3)7(9)11-12/h6,12H,1-3H3,(H2,9,11). The van der Waals surface area contributed by atoms with Crippen LogP contribution in [0.4, 0.5) is 0 Å². The minimum atomic E-state index is -0.155. The molecule has 0 aliphatic carbocycles. The molecule has 0 aliphatic heterocycles. The fourth-order valence-electron chi connectivity index (χ4n) is 0.787. The zero-order valence-electron chi connectivity index (χ0n) is 8.31. The molecule has 1 rings (SSSR count). The van der Waals surface area contributed by atoms with Gasteiger partial charge in [-0.15, -0.1) is 0 Å². The minimum Gasteiger partial charge on any atom is -0.437 e. The first-order valence-electron chi connectivity index (χ1n) is 4.12. The third-order valence-corrected chi connectivity index (χ3v) is 2.79. The van der Waals surface area contributed by atoms with Gasteiger partial charge in [0.25, 0.3) is 5.22 Å². The Kier molecular flexibility index (Phi) is 3.40. The Hall–Kier alpha value is -1.17. The van der Waals surface area contributed by atoms with E-state index in [-0.39, 0.29) is 11.1 Å². The molecule has 5 nitrogen and oxygen atoms in total. The zero-order chi connectivity index (χ0) is 10.7. The highest BCUT2D eigenvalue weighted by Gasteiger charge is 2.14. The molecule has 14 heavy (non-hydrogen) atoms. The molecule has 1 unspecified atom stereocenters. The maximum atomic E-state index is 8.44. The highest BCUT2D eigenvalue weighted by molar-refractivity contribution is 8.00. The van der Waals surface area contributed by atoms with Crippen LogP contribution in [0.2, 0.25) is 0 Å². The van der Waals surface area contributed by atoms with Crippen LogP contribution in [0.15, 0.2) is 14.8 Å². The lowest BCUT2D eigenvalue weighted by Gasteiger charge is -2.04. The second-order valence-electron chi connectivity index (χ2n) is 2.91. The van der Waals surface area contributed by atoms with Crippen LogP contribution in [0.1, 0.15) is 18.4 Å². The summed E-state index contributed by atoms with van der Waals surface area (Å²) in [5.41, 5.74) is 6.28. The summed E-state index contributed by atoms with van der Waals surface area (Å²) in [4.78, 5) is 4.17. The normalized spacial score (nSPS) is 14.4. The summed E-state index contributed by atoms with van der Waals surface area (Å²) in [6.45, 7) is 5.53. The molecule has 1 atom stereocenters. The van der Waals surface area contributed by atoms with Crippen LogP contribution in [0.3, 0.4) is 0 Å². The van der Waals surface area contributed by atoms with Crippen molar-refractivity contribution in [3.05, 3.63) is 11.5 Å². The van der Waals surface area contributed by atoms with Gasteiger partial charge in [-0.2, -0.15) is 0 Å². The highest BCUT2D eigenvalue weighted by Crippen LogP contribution is 2.24. The van der Waals surface area contributed by atoms with Crippen molar-refractivity contribution in [3.63, 3.8) is 0 Å².